The van der Waals surface area contributed by atoms with E-state index in [1.54, 1.807) is 7.11 Å². The first kappa shape index (κ1) is 11.9. The number of nitrogens with one attached hydrogen (secondary N) is 1. The van der Waals surface area contributed by atoms with Crippen molar-refractivity contribution in [3.05, 3.63) is 0 Å². The Kier molecular flexibility index (Phi) is 4.80. The monoisotopic (exact) mass is 173 g/mol. The second-order valence-electron chi connectivity index (χ2n) is 4.22. The molecule has 0 aliphatic heterocycles. The second kappa shape index (κ2) is 4.83. The van der Waals surface area contributed by atoms with E-state index in [0.29, 0.717) is 12.0 Å². The third-order valence-electron chi connectivity index (χ3n) is 2.68. The van der Waals surface area contributed by atoms with Crippen molar-refractivity contribution in [3.8, 4) is 0 Å². The van der Waals surface area contributed by atoms with Gasteiger partial charge in [-0.1, -0.05) is 6.92 Å². The van der Waals surface area contributed by atoms with Crippen LogP contribution in [0.2, 0.25) is 0 Å². The van der Waals surface area contributed by atoms with E-state index in [0.717, 1.165) is 6.42 Å². The maximum Gasteiger partial charge on any atom is 0.0625 e. The lowest BCUT2D eigenvalue weighted by atomic mass is 9.90. The molecule has 2 heteroatoms. The first-order valence-electron chi connectivity index (χ1n) is 4.65. The molecule has 0 aromatic heterocycles. The largest absolute Gasteiger partial charge is 0.379 e. The van der Waals surface area contributed by atoms with Crippen LogP contribution in [0.1, 0.15) is 34.1 Å². The lowest BCUT2D eigenvalue weighted by Crippen LogP contribution is -2.35. The minimum Gasteiger partial charge on any atom is -0.379 e. The lowest BCUT2D eigenvalue weighted by Gasteiger charge is -2.29. The van der Waals surface area contributed by atoms with Crippen molar-refractivity contribution >= 4 is 0 Å². The van der Waals surface area contributed by atoms with Gasteiger partial charge in [0.15, 0.2) is 0 Å². The predicted octanol–water partition coefficient (Wildman–Crippen LogP) is 2.05. The quantitative estimate of drug-likeness (QED) is 0.687. The van der Waals surface area contributed by atoms with E-state index in [2.05, 4.69) is 33.0 Å². The number of hydrogen-bond acceptors (Lipinski definition) is 2. The van der Waals surface area contributed by atoms with Gasteiger partial charge in [-0.3, -0.25) is 0 Å². The second-order valence-corrected chi connectivity index (χ2v) is 4.22. The van der Waals surface area contributed by atoms with E-state index >= 15 is 0 Å². The van der Waals surface area contributed by atoms with Crippen LogP contribution in [0.3, 0.4) is 0 Å². The lowest BCUT2D eigenvalue weighted by molar-refractivity contribution is 0.000681. The molecule has 0 aromatic rings. The van der Waals surface area contributed by atoms with E-state index in [1.165, 1.54) is 0 Å². The summed E-state index contributed by atoms with van der Waals surface area (Å²) in [5.41, 5.74) is 0.00449. The van der Waals surface area contributed by atoms with E-state index in [1.807, 2.05) is 7.05 Å². The highest BCUT2D eigenvalue weighted by Crippen LogP contribution is 2.21. The third-order valence-corrected chi connectivity index (χ3v) is 2.68. The van der Waals surface area contributed by atoms with Crippen LogP contribution < -0.4 is 5.32 Å². The molecule has 12 heavy (non-hydrogen) atoms. The third kappa shape index (κ3) is 4.07. The average Bonchev–Trinajstić information content (AvgIpc) is 2.02. The van der Waals surface area contributed by atoms with Crippen LogP contribution in [0.4, 0.5) is 0 Å². The van der Waals surface area contributed by atoms with Crippen molar-refractivity contribution in [2.24, 2.45) is 5.92 Å². The minimum absolute atomic E-state index is 0.00449. The van der Waals surface area contributed by atoms with Gasteiger partial charge in [-0.25, -0.2) is 0 Å². The van der Waals surface area contributed by atoms with Crippen LogP contribution in [0.15, 0.2) is 0 Å². The molecule has 0 bridgehead atoms. The van der Waals surface area contributed by atoms with Crippen molar-refractivity contribution < 1.29 is 4.74 Å². The maximum absolute atomic E-state index is 5.38. The molecule has 0 aliphatic rings. The van der Waals surface area contributed by atoms with Crippen LogP contribution in [0, 0.1) is 5.92 Å². The SMILES string of the molecule is CNC(C)C(C)CC(C)(C)OC. The molecule has 0 spiro atoms. The summed E-state index contributed by atoms with van der Waals surface area (Å²) in [6.07, 6.45) is 1.09. The molecule has 0 fully saturated rings. The summed E-state index contributed by atoms with van der Waals surface area (Å²) in [6.45, 7) is 8.72. The number of ether oxygens (including phenoxy) is 1. The molecule has 2 nitrogen and oxygen atoms in total. The molecular formula is C10H23NO. The summed E-state index contributed by atoms with van der Waals surface area (Å²) in [5.74, 6) is 0.643. The Morgan fingerprint density at radius 1 is 1.33 bits per heavy atom. The smallest absolute Gasteiger partial charge is 0.0625 e. The molecule has 0 aromatic carbocycles. The van der Waals surface area contributed by atoms with E-state index in [4.69, 9.17) is 4.74 Å². The summed E-state index contributed by atoms with van der Waals surface area (Å²) >= 11 is 0. The van der Waals surface area contributed by atoms with Crippen LogP contribution in [-0.2, 0) is 4.74 Å². The fourth-order valence-corrected chi connectivity index (χ4v) is 1.32. The van der Waals surface area contributed by atoms with Gasteiger partial charge in [0.2, 0.25) is 0 Å². The molecule has 0 saturated heterocycles. The van der Waals surface area contributed by atoms with Gasteiger partial charge in [0.1, 0.15) is 0 Å². The van der Waals surface area contributed by atoms with Gasteiger partial charge in [0.05, 0.1) is 5.60 Å². The summed E-state index contributed by atoms with van der Waals surface area (Å²) in [4.78, 5) is 0. The first-order chi connectivity index (χ1) is 5.43. The Balaban J connectivity index is 3.90. The summed E-state index contributed by atoms with van der Waals surface area (Å²) in [7, 11) is 3.78. The van der Waals surface area contributed by atoms with Crippen LogP contribution >= 0.6 is 0 Å². The molecule has 1 N–H and O–H groups in total. The predicted molar refractivity (Wildman–Crippen MR) is 53.4 cm³/mol. The number of methoxy groups -OCH3 is 1. The summed E-state index contributed by atoms with van der Waals surface area (Å²) in [5, 5.41) is 3.26. The Labute approximate surface area is 76.7 Å². The van der Waals surface area contributed by atoms with E-state index in [-0.39, 0.29) is 5.60 Å². The van der Waals surface area contributed by atoms with Gasteiger partial charge in [-0.15, -0.1) is 0 Å². The van der Waals surface area contributed by atoms with Gasteiger partial charge in [0.25, 0.3) is 0 Å². The maximum atomic E-state index is 5.38. The molecule has 2 unspecified atom stereocenters. The molecule has 0 radical (unpaired) electrons. The van der Waals surface area contributed by atoms with Crippen molar-refractivity contribution in [3.63, 3.8) is 0 Å². The van der Waals surface area contributed by atoms with Crippen LogP contribution in [-0.4, -0.2) is 25.8 Å². The van der Waals surface area contributed by atoms with Gasteiger partial charge in [0, 0.05) is 13.2 Å². The van der Waals surface area contributed by atoms with Crippen molar-refractivity contribution in [2.75, 3.05) is 14.2 Å². The standard InChI is InChI=1S/C10H23NO/c1-8(9(2)11-5)7-10(3,4)12-6/h8-9,11H,7H2,1-6H3. The normalized spacial score (nSPS) is 17.5. The van der Waals surface area contributed by atoms with Gasteiger partial charge < -0.3 is 10.1 Å². The highest BCUT2D eigenvalue weighted by molar-refractivity contribution is 4.76. The Bertz CT molecular complexity index is 123. The molecule has 0 rings (SSSR count). The van der Waals surface area contributed by atoms with E-state index in [9.17, 15) is 0 Å². The molecule has 74 valence electrons. The molecule has 0 aliphatic carbocycles. The summed E-state index contributed by atoms with van der Waals surface area (Å²) < 4.78 is 5.38. The fourth-order valence-electron chi connectivity index (χ4n) is 1.32. The zero-order chi connectivity index (χ0) is 9.78. The zero-order valence-electron chi connectivity index (χ0n) is 9.27. The van der Waals surface area contributed by atoms with Crippen LogP contribution in [0.25, 0.3) is 0 Å². The zero-order valence-corrected chi connectivity index (χ0v) is 9.27. The number of hydrogen-bond donors (Lipinski definition) is 1. The minimum atomic E-state index is 0.00449. The molecule has 2 atom stereocenters. The fraction of sp³-hybridized carbons (Fsp3) is 1.00. The van der Waals surface area contributed by atoms with E-state index < -0.39 is 0 Å². The Morgan fingerprint density at radius 3 is 2.17 bits per heavy atom. The molecule has 0 amide bonds. The van der Waals surface area contributed by atoms with Crippen LogP contribution in [0.5, 0.6) is 0 Å². The Hall–Kier alpha value is -0.0800. The first-order valence-corrected chi connectivity index (χ1v) is 4.65. The molecular weight excluding hydrogens is 150 g/mol. The van der Waals surface area contributed by atoms with Gasteiger partial charge in [-0.05, 0) is 40.2 Å². The summed E-state index contributed by atoms with van der Waals surface area (Å²) in [6, 6.07) is 0.555. The highest BCUT2D eigenvalue weighted by Gasteiger charge is 2.22. The molecule has 0 heterocycles. The Morgan fingerprint density at radius 2 is 1.83 bits per heavy atom. The van der Waals surface area contributed by atoms with Gasteiger partial charge in [-0.2, -0.15) is 0 Å². The van der Waals surface area contributed by atoms with Crippen molar-refractivity contribution in [1.29, 1.82) is 0 Å². The van der Waals surface area contributed by atoms with Crippen molar-refractivity contribution in [1.82, 2.24) is 5.32 Å². The average molecular weight is 173 g/mol. The highest BCUT2D eigenvalue weighted by atomic mass is 16.5. The number of rotatable bonds is 5. The van der Waals surface area contributed by atoms with Gasteiger partial charge >= 0.3 is 0 Å². The van der Waals surface area contributed by atoms with Crippen molar-refractivity contribution in [2.45, 2.75) is 45.8 Å². The molecule has 0 saturated carbocycles. The topological polar surface area (TPSA) is 21.3 Å².